The summed E-state index contributed by atoms with van der Waals surface area (Å²) in [5.41, 5.74) is 3.72. The van der Waals surface area contributed by atoms with E-state index < -0.39 is 22.0 Å². The van der Waals surface area contributed by atoms with Gasteiger partial charge in [-0.1, -0.05) is 29.8 Å². The standard InChI is InChI=1S/C17H18N2O5S/c1-11-7-8-16(12(2)9-11)25(21,22)19-18-17(20)15-10-23-13-5-3-4-6-14(13)24-15/h3-9,15,19H,10H2,1-2H3,(H,18,20)/t15-/m1/s1. The number of amides is 1. The van der Waals surface area contributed by atoms with Gasteiger partial charge in [0.05, 0.1) is 4.90 Å². The molecule has 8 heteroatoms. The summed E-state index contributed by atoms with van der Waals surface area (Å²) in [6.07, 6.45) is -0.947. The number of carbonyl (C=O) groups excluding carboxylic acids is 1. The second-order valence-electron chi connectivity index (χ2n) is 5.73. The monoisotopic (exact) mass is 362 g/mol. The van der Waals surface area contributed by atoms with Gasteiger partial charge in [-0.2, -0.15) is 0 Å². The molecule has 1 aliphatic heterocycles. The van der Waals surface area contributed by atoms with Crippen LogP contribution in [0, 0.1) is 13.8 Å². The van der Waals surface area contributed by atoms with Gasteiger partial charge in [0.1, 0.15) is 6.61 Å². The number of aryl methyl sites for hydroxylation is 2. The molecule has 3 rings (SSSR count). The molecule has 1 aliphatic rings. The zero-order valence-electron chi connectivity index (χ0n) is 13.8. The van der Waals surface area contributed by atoms with Gasteiger partial charge in [-0.05, 0) is 37.6 Å². The van der Waals surface area contributed by atoms with Crippen molar-refractivity contribution in [1.82, 2.24) is 10.3 Å². The molecule has 0 saturated heterocycles. The summed E-state index contributed by atoms with van der Waals surface area (Å²) in [5.74, 6) is 0.344. The number of fused-ring (bicyclic) bond motifs is 1. The fourth-order valence-corrected chi connectivity index (χ4v) is 3.58. The number of hydrogen-bond acceptors (Lipinski definition) is 5. The van der Waals surface area contributed by atoms with Gasteiger partial charge in [0.15, 0.2) is 11.5 Å². The van der Waals surface area contributed by atoms with E-state index in [1.165, 1.54) is 6.07 Å². The van der Waals surface area contributed by atoms with Crippen LogP contribution >= 0.6 is 0 Å². The maximum atomic E-state index is 12.4. The summed E-state index contributed by atoms with van der Waals surface area (Å²) in [7, 11) is -3.88. The van der Waals surface area contributed by atoms with E-state index in [1.807, 2.05) is 6.92 Å². The normalized spacial score (nSPS) is 16.3. The van der Waals surface area contributed by atoms with Crippen molar-refractivity contribution in [2.75, 3.05) is 6.61 Å². The Hall–Kier alpha value is -2.58. The van der Waals surface area contributed by atoms with Crippen molar-refractivity contribution >= 4 is 15.9 Å². The maximum Gasteiger partial charge on any atom is 0.279 e. The second-order valence-corrected chi connectivity index (χ2v) is 7.38. The third kappa shape index (κ3) is 3.75. The first-order chi connectivity index (χ1) is 11.9. The highest BCUT2D eigenvalue weighted by molar-refractivity contribution is 7.89. The van der Waals surface area contributed by atoms with Gasteiger partial charge in [0.2, 0.25) is 6.10 Å². The number of ether oxygens (including phenoxy) is 2. The van der Waals surface area contributed by atoms with Crippen molar-refractivity contribution in [1.29, 1.82) is 0 Å². The Labute approximate surface area is 146 Å². The minimum absolute atomic E-state index is 0.00582. The molecule has 132 valence electrons. The predicted molar refractivity (Wildman–Crippen MR) is 90.7 cm³/mol. The molecule has 0 radical (unpaired) electrons. The van der Waals surface area contributed by atoms with E-state index in [-0.39, 0.29) is 11.5 Å². The van der Waals surface area contributed by atoms with Crippen molar-refractivity contribution in [3.63, 3.8) is 0 Å². The summed E-state index contributed by atoms with van der Waals surface area (Å²) < 4.78 is 35.7. The highest BCUT2D eigenvalue weighted by Crippen LogP contribution is 2.30. The summed E-state index contributed by atoms with van der Waals surface area (Å²) in [6, 6.07) is 11.9. The molecule has 0 aliphatic carbocycles. The molecule has 7 nitrogen and oxygen atoms in total. The first-order valence-corrected chi connectivity index (χ1v) is 9.12. The zero-order chi connectivity index (χ0) is 18.0. The quantitative estimate of drug-likeness (QED) is 0.803. The summed E-state index contributed by atoms with van der Waals surface area (Å²) >= 11 is 0. The Bertz CT molecular complexity index is 911. The zero-order valence-corrected chi connectivity index (χ0v) is 14.6. The van der Waals surface area contributed by atoms with E-state index in [4.69, 9.17) is 9.47 Å². The van der Waals surface area contributed by atoms with Crippen molar-refractivity contribution in [3.8, 4) is 11.5 Å². The Morgan fingerprint density at radius 3 is 2.56 bits per heavy atom. The number of hydrogen-bond donors (Lipinski definition) is 2. The van der Waals surface area contributed by atoms with Crippen LogP contribution in [-0.2, 0) is 14.8 Å². The van der Waals surface area contributed by atoms with Gasteiger partial charge >= 0.3 is 0 Å². The van der Waals surface area contributed by atoms with Gasteiger partial charge < -0.3 is 9.47 Å². The fraction of sp³-hybridized carbons (Fsp3) is 0.235. The molecule has 0 unspecified atom stereocenters. The van der Waals surface area contributed by atoms with Crippen LogP contribution in [0.5, 0.6) is 11.5 Å². The van der Waals surface area contributed by atoms with E-state index in [2.05, 4.69) is 10.3 Å². The Balaban J connectivity index is 1.66. The number of sulfonamides is 1. The highest BCUT2D eigenvalue weighted by Gasteiger charge is 2.28. The number of nitrogens with one attached hydrogen (secondary N) is 2. The second kappa shape index (κ2) is 6.73. The number of hydrazine groups is 1. The first kappa shape index (κ1) is 17.2. The lowest BCUT2D eigenvalue weighted by atomic mass is 10.2. The largest absolute Gasteiger partial charge is 0.485 e. The SMILES string of the molecule is Cc1ccc(S(=O)(=O)NNC(=O)[C@H]2COc3ccccc3O2)c(C)c1. The van der Waals surface area contributed by atoms with Crippen LogP contribution in [0.25, 0.3) is 0 Å². The summed E-state index contributed by atoms with van der Waals surface area (Å²) in [4.78, 5) is 14.4. The van der Waals surface area contributed by atoms with E-state index >= 15 is 0 Å². The third-order valence-electron chi connectivity index (χ3n) is 3.73. The van der Waals surface area contributed by atoms with Gasteiger partial charge in [-0.25, -0.2) is 8.42 Å². The molecule has 1 heterocycles. The minimum atomic E-state index is -3.88. The van der Waals surface area contributed by atoms with Crippen LogP contribution in [0.4, 0.5) is 0 Å². The van der Waals surface area contributed by atoms with E-state index in [0.717, 1.165) is 5.56 Å². The number of benzene rings is 2. The van der Waals surface area contributed by atoms with E-state index in [9.17, 15) is 13.2 Å². The van der Waals surface area contributed by atoms with Crippen LogP contribution in [-0.4, -0.2) is 27.0 Å². The predicted octanol–water partition coefficient (Wildman–Crippen LogP) is 1.45. The molecular weight excluding hydrogens is 344 g/mol. The lowest BCUT2D eigenvalue weighted by molar-refractivity contribution is -0.130. The molecule has 0 aromatic heterocycles. The molecule has 2 aromatic carbocycles. The van der Waals surface area contributed by atoms with E-state index in [1.54, 1.807) is 43.3 Å². The van der Waals surface area contributed by atoms with Crippen LogP contribution in [0.3, 0.4) is 0 Å². The molecule has 25 heavy (non-hydrogen) atoms. The molecule has 2 aromatic rings. The maximum absolute atomic E-state index is 12.4. The molecule has 1 amide bonds. The van der Waals surface area contributed by atoms with Crippen LogP contribution in [0.2, 0.25) is 0 Å². The smallest absolute Gasteiger partial charge is 0.279 e. The molecule has 1 atom stereocenters. The summed E-state index contributed by atoms with van der Waals surface area (Å²) in [6.45, 7) is 3.56. The van der Waals surface area contributed by atoms with Crippen molar-refractivity contribution in [2.24, 2.45) is 0 Å². The van der Waals surface area contributed by atoms with Gasteiger partial charge in [-0.3, -0.25) is 10.2 Å². The van der Waals surface area contributed by atoms with E-state index in [0.29, 0.717) is 17.1 Å². The van der Waals surface area contributed by atoms with Crippen molar-refractivity contribution in [2.45, 2.75) is 24.8 Å². The Morgan fingerprint density at radius 2 is 1.84 bits per heavy atom. The Kier molecular flexibility index (Phi) is 4.65. The van der Waals surface area contributed by atoms with Gasteiger partial charge in [-0.15, -0.1) is 4.83 Å². The van der Waals surface area contributed by atoms with Crippen LogP contribution in [0.1, 0.15) is 11.1 Å². The van der Waals surface area contributed by atoms with Crippen molar-refractivity contribution < 1.29 is 22.7 Å². The highest BCUT2D eigenvalue weighted by atomic mass is 32.2. The molecular formula is C17H18N2O5S. The number of para-hydroxylation sites is 2. The molecule has 0 bridgehead atoms. The number of rotatable bonds is 4. The molecule has 2 N–H and O–H groups in total. The van der Waals surface area contributed by atoms with Crippen LogP contribution in [0.15, 0.2) is 47.4 Å². The topological polar surface area (TPSA) is 93.7 Å². The van der Waals surface area contributed by atoms with Gasteiger partial charge in [0.25, 0.3) is 15.9 Å². The molecule has 0 fully saturated rings. The van der Waals surface area contributed by atoms with Gasteiger partial charge in [0, 0.05) is 0 Å². The fourth-order valence-electron chi connectivity index (χ4n) is 2.50. The minimum Gasteiger partial charge on any atom is -0.485 e. The number of carbonyl (C=O) groups is 1. The van der Waals surface area contributed by atoms with Crippen LogP contribution < -0.4 is 19.7 Å². The average molecular weight is 362 g/mol. The third-order valence-corrected chi connectivity index (χ3v) is 5.14. The molecule has 0 saturated carbocycles. The lowest BCUT2D eigenvalue weighted by Gasteiger charge is -2.25. The average Bonchev–Trinajstić information content (AvgIpc) is 2.59. The molecule has 0 spiro atoms. The first-order valence-electron chi connectivity index (χ1n) is 7.64. The Morgan fingerprint density at radius 1 is 1.12 bits per heavy atom. The van der Waals surface area contributed by atoms with Crippen molar-refractivity contribution in [3.05, 3.63) is 53.6 Å². The lowest BCUT2D eigenvalue weighted by Crippen LogP contribution is -2.50. The summed E-state index contributed by atoms with van der Waals surface area (Å²) in [5, 5.41) is 0.